The summed E-state index contributed by atoms with van der Waals surface area (Å²) in [7, 11) is 0. The van der Waals surface area contributed by atoms with Gasteiger partial charge in [0.1, 0.15) is 5.41 Å². The molecule has 1 aliphatic heterocycles. The van der Waals surface area contributed by atoms with Crippen molar-refractivity contribution in [3.8, 4) is 6.07 Å². The van der Waals surface area contributed by atoms with Gasteiger partial charge in [0.05, 0.1) is 6.07 Å². The molecule has 1 N–H and O–H groups in total. The van der Waals surface area contributed by atoms with E-state index in [9.17, 15) is 10.1 Å². The van der Waals surface area contributed by atoms with Crippen LogP contribution < -0.4 is 5.32 Å². The van der Waals surface area contributed by atoms with Gasteiger partial charge in [-0.05, 0) is 45.7 Å². The zero-order valence-electron chi connectivity index (χ0n) is 12.7. The Bertz CT molecular complexity index is 362. The molecule has 1 amide bonds. The quantitative estimate of drug-likeness (QED) is 0.858. The van der Waals surface area contributed by atoms with Crippen LogP contribution in [-0.4, -0.2) is 36.5 Å². The molecule has 0 aromatic carbocycles. The standard InChI is InChI=1S/C16H27N3O/c1-14(19-10-6-3-7-11-19)12-18-15(20)16(13-17)8-4-2-5-9-16/h14H,2-12H2,1H3,(H,18,20). The number of carbonyl (C=O) groups excluding carboxylic acids is 1. The Morgan fingerprint density at radius 2 is 1.80 bits per heavy atom. The SMILES string of the molecule is CC(CNC(=O)C1(C#N)CCCCC1)N1CCCCC1. The van der Waals surface area contributed by atoms with Crippen molar-refractivity contribution >= 4 is 5.91 Å². The molecule has 1 unspecified atom stereocenters. The minimum atomic E-state index is -0.750. The number of likely N-dealkylation sites (tertiary alicyclic amines) is 1. The van der Waals surface area contributed by atoms with Crippen molar-refractivity contribution < 1.29 is 4.79 Å². The first-order valence-corrected chi connectivity index (χ1v) is 8.11. The van der Waals surface area contributed by atoms with Crippen LogP contribution in [0.3, 0.4) is 0 Å². The molecule has 0 spiro atoms. The second-order valence-corrected chi connectivity index (χ2v) is 6.41. The van der Waals surface area contributed by atoms with Gasteiger partial charge in [-0.3, -0.25) is 9.69 Å². The molecule has 20 heavy (non-hydrogen) atoms. The highest BCUT2D eigenvalue weighted by Gasteiger charge is 2.39. The molecule has 0 bridgehead atoms. The molecular weight excluding hydrogens is 250 g/mol. The van der Waals surface area contributed by atoms with Crippen LogP contribution in [0, 0.1) is 16.7 Å². The van der Waals surface area contributed by atoms with Gasteiger partial charge < -0.3 is 5.32 Å². The number of rotatable bonds is 4. The van der Waals surface area contributed by atoms with Crippen LogP contribution in [0.5, 0.6) is 0 Å². The van der Waals surface area contributed by atoms with Crippen LogP contribution in [0.1, 0.15) is 58.3 Å². The van der Waals surface area contributed by atoms with Gasteiger partial charge >= 0.3 is 0 Å². The highest BCUT2D eigenvalue weighted by atomic mass is 16.2. The maximum Gasteiger partial charge on any atom is 0.240 e. The molecule has 4 nitrogen and oxygen atoms in total. The number of nitriles is 1. The highest BCUT2D eigenvalue weighted by Crippen LogP contribution is 2.35. The second-order valence-electron chi connectivity index (χ2n) is 6.41. The lowest BCUT2D eigenvalue weighted by molar-refractivity contribution is -0.129. The van der Waals surface area contributed by atoms with Gasteiger partial charge in [0.2, 0.25) is 5.91 Å². The van der Waals surface area contributed by atoms with Crippen LogP contribution in [0.15, 0.2) is 0 Å². The number of nitrogens with zero attached hydrogens (tertiary/aromatic N) is 2. The zero-order valence-corrected chi connectivity index (χ0v) is 12.7. The first-order chi connectivity index (χ1) is 9.68. The molecule has 1 saturated carbocycles. The molecule has 4 heteroatoms. The van der Waals surface area contributed by atoms with Crippen molar-refractivity contribution in [2.45, 2.75) is 64.3 Å². The van der Waals surface area contributed by atoms with E-state index in [2.05, 4.69) is 23.2 Å². The van der Waals surface area contributed by atoms with Gasteiger partial charge in [0.25, 0.3) is 0 Å². The predicted molar refractivity (Wildman–Crippen MR) is 79.0 cm³/mol. The normalized spacial score (nSPS) is 24.6. The number of hydrogen-bond acceptors (Lipinski definition) is 3. The lowest BCUT2D eigenvalue weighted by atomic mass is 9.74. The topological polar surface area (TPSA) is 56.1 Å². The molecule has 2 rings (SSSR count). The Kier molecular flexibility index (Phi) is 5.42. The van der Waals surface area contributed by atoms with Gasteiger partial charge in [-0.25, -0.2) is 0 Å². The lowest BCUT2D eigenvalue weighted by Gasteiger charge is -2.34. The van der Waals surface area contributed by atoms with Crippen LogP contribution in [-0.2, 0) is 4.79 Å². The second kappa shape index (κ2) is 7.08. The largest absolute Gasteiger partial charge is 0.353 e. The summed E-state index contributed by atoms with van der Waals surface area (Å²) < 4.78 is 0. The van der Waals surface area contributed by atoms with Crippen LogP contribution in [0.4, 0.5) is 0 Å². The summed E-state index contributed by atoms with van der Waals surface area (Å²) in [5.74, 6) is -0.0384. The van der Waals surface area contributed by atoms with Crippen LogP contribution in [0.2, 0.25) is 0 Å². The third-order valence-corrected chi connectivity index (χ3v) is 4.93. The summed E-state index contributed by atoms with van der Waals surface area (Å²) in [6, 6.07) is 2.67. The maximum absolute atomic E-state index is 12.4. The molecule has 0 radical (unpaired) electrons. The van der Waals surface area contributed by atoms with Crippen molar-refractivity contribution in [3.63, 3.8) is 0 Å². The minimum Gasteiger partial charge on any atom is -0.353 e. The number of hydrogen-bond donors (Lipinski definition) is 1. The summed E-state index contributed by atoms with van der Waals surface area (Å²) in [6.07, 6.45) is 8.47. The van der Waals surface area contributed by atoms with Crippen molar-refractivity contribution in [2.24, 2.45) is 5.41 Å². The fourth-order valence-corrected chi connectivity index (χ4v) is 3.44. The highest BCUT2D eigenvalue weighted by molar-refractivity contribution is 5.85. The zero-order chi connectivity index (χ0) is 14.4. The van der Waals surface area contributed by atoms with Gasteiger partial charge in [-0.2, -0.15) is 5.26 Å². The Balaban J connectivity index is 1.83. The molecule has 1 heterocycles. The lowest BCUT2D eigenvalue weighted by Crippen LogP contribution is -2.48. The average molecular weight is 277 g/mol. The fourth-order valence-electron chi connectivity index (χ4n) is 3.44. The number of piperidine rings is 1. The fraction of sp³-hybridized carbons (Fsp3) is 0.875. The summed E-state index contributed by atoms with van der Waals surface area (Å²) in [4.78, 5) is 14.8. The Morgan fingerprint density at radius 3 is 2.40 bits per heavy atom. The van der Waals surface area contributed by atoms with E-state index in [4.69, 9.17) is 0 Å². The van der Waals surface area contributed by atoms with E-state index in [1.165, 1.54) is 19.3 Å². The molecule has 0 aromatic rings. The molecule has 1 atom stereocenters. The molecule has 112 valence electrons. The Hall–Kier alpha value is -1.08. The Morgan fingerprint density at radius 1 is 1.20 bits per heavy atom. The number of amides is 1. The van der Waals surface area contributed by atoms with Gasteiger partial charge in [0.15, 0.2) is 0 Å². The van der Waals surface area contributed by atoms with Crippen molar-refractivity contribution in [2.75, 3.05) is 19.6 Å². The Labute approximate surface area is 122 Å². The first kappa shape index (κ1) is 15.3. The van der Waals surface area contributed by atoms with E-state index in [0.29, 0.717) is 12.6 Å². The van der Waals surface area contributed by atoms with E-state index in [0.717, 1.165) is 45.2 Å². The predicted octanol–water partition coefficient (Wildman–Crippen LogP) is 2.45. The third-order valence-electron chi connectivity index (χ3n) is 4.93. The van der Waals surface area contributed by atoms with E-state index < -0.39 is 5.41 Å². The summed E-state index contributed by atoms with van der Waals surface area (Å²) in [5.41, 5.74) is -0.750. The summed E-state index contributed by atoms with van der Waals surface area (Å²) in [5, 5.41) is 12.4. The molecule has 1 saturated heterocycles. The van der Waals surface area contributed by atoms with Crippen molar-refractivity contribution in [3.05, 3.63) is 0 Å². The van der Waals surface area contributed by atoms with Crippen LogP contribution >= 0.6 is 0 Å². The molecular formula is C16H27N3O. The average Bonchev–Trinajstić information content (AvgIpc) is 2.53. The monoisotopic (exact) mass is 277 g/mol. The van der Waals surface area contributed by atoms with Crippen LogP contribution in [0.25, 0.3) is 0 Å². The third kappa shape index (κ3) is 3.52. The summed E-state index contributed by atoms with van der Waals surface area (Å²) in [6.45, 7) is 5.12. The van der Waals surface area contributed by atoms with Gasteiger partial charge in [-0.15, -0.1) is 0 Å². The van der Waals surface area contributed by atoms with Crippen molar-refractivity contribution in [1.82, 2.24) is 10.2 Å². The number of nitrogens with one attached hydrogen (secondary N) is 1. The maximum atomic E-state index is 12.4. The van der Waals surface area contributed by atoms with E-state index >= 15 is 0 Å². The van der Waals surface area contributed by atoms with E-state index in [1.54, 1.807) is 0 Å². The molecule has 1 aliphatic carbocycles. The molecule has 2 aliphatic rings. The van der Waals surface area contributed by atoms with Gasteiger partial charge in [0, 0.05) is 12.6 Å². The number of carbonyl (C=O) groups is 1. The smallest absolute Gasteiger partial charge is 0.240 e. The summed E-state index contributed by atoms with van der Waals surface area (Å²) >= 11 is 0. The van der Waals surface area contributed by atoms with E-state index in [1.807, 2.05) is 0 Å². The minimum absolute atomic E-state index is 0.0384. The van der Waals surface area contributed by atoms with Gasteiger partial charge in [-0.1, -0.05) is 25.7 Å². The van der Waals surface area contributed by atoms with Crippen molar-refractivity contribution in [1.29, 1.82) is 5.26 Å². The molecule has 2 fully saturated rings. The first-order valence-electron chi connectivity index (χ1n) is 8.11. The molecule has 0 aromatic heterocycles. The van der Waals surface area contributed by atoms with E-state index in [-0.39, 0.29) is 5.91 Å².